The maximum Gasteiger partial charge on any atom is -0.0225 e. The Morgan fingerprint density at radius 3 is 3.10 bits per heavy atom. The lowest BCUT2D eigenvalue weighted by Crippen LogP contribution is -1.88. The fourth-order valence-corrected chi connectivity index (χ4v) is 1.54. The number of hydrogen-bond donors (Lipinski definition) is 0. The lowest BCUT2D eigenvalue weighted by Gasteiger charge is -2.02. The fourth-order valence-electron chi connectivity index (χ4n) is 1.54. The largest absolute Gasteiger partial charge is 0.103 e. The SMILES string of the molecule is C=CCCC1C=C(C)CC1. The molecule has 0 heteroatoms. The Morgan fingerprint density at radius 2 is 2.60 bits per heavy atom. The second-order valence-corrected chi connectivity index (χ2v) is 3.18. The number of rotatable bonds is 3. The fraction of sp³-hybridized carbons (Fsp3) is 0.600. The normalized spacial score (nSPS) is 24.5. The van der Waals surface area contributed by atoms with Crippen molar-refractivity contribution in [2.24, 2.45) is 5.92 Å². The van der Waals surface area contributed by atoms with Gasteiger partial charge >= 0.3 is 0 Å². The van der Waals surface area contributed by atoms with Crippen molar-refractivity contribution in [3.05, 3.63) is 24.3 Å². The average molecular weight is 136 g/mol. The Balaban J connectivity index is 2.24. The molecule has 56 valence electrons. The van der Waals surface area contributed by atoms with Crippen LogP contribution in [0.5, 0.6) is 0 Å². The van der Waals surface area contributed by atoms with E-state index in [1.807, 2.05) is 6.08 Å². The summed E-state index contributed by atoms with van der Waals surface area (Å²) in [6, 6.07) is 0. The molecule has 0 saturated heterocycles. The zero-order valence-electron chi connectivity index (χ0n) is 6.77. The highest BCUT2D eigenvalue weighted by molar-refractivity contribution is 5.07. The molecule has 0 aromatic heterocycles. The minimum Gasteiger partial charge on any atom is -0.103 e. The highest BCUT2D eigenvalue weighted by Crippen LogP contribution is 2.26. The zero-order valence-corrected chi connectivity index (χ0v) is 6.77. The quantitative estimate of drug-likeness (QED) is 0.522. The third-order valence-electron chi connectivity index (χ3n) is 2.17. The predicted molar refractivity (Wildman–Crippen MR) is 45.9 cm³/mol. The van der Waals surface area contributed by atoms with Crippen molar-refractivity contribution in [2.45, 2.75) is 32.6 Å². The highest BCUT2D eigenvalue weighted by atomic mass is 14.2. The van der Waals surface area contributed by atoms with Gasteiger partial charge in [0.25, 0.3) is 0 Å². The molecule has 1 unspecified atom stereocenters. The van der Waals surface area contributed by atoms with Gasteiger partial charge in [0.2, 0.25) is 0 Å². The maximum atomic E-state index is 3.72. The minimum atomic E-state index is 0.859. The first-order chi connectivity index (χ1) is 4.83. The summed E-state index contributed by atoms with van der Waals surface area (Å²) in [5, 5.41) is 0. The van der Waals surface area contributed by atoms with E-state index < -0.39 is 0 Å². The van der Waals surface area contributed by atoms with Crippen LogP contribution < -0.4 is 0 Å². The molecule has 0 aromatic carbocycles. The summed E-state index contributed by atoms with van der Waals surface area (Å²) in [5.41, 5.74) is 1.58. The molecule has 0 nitrogen and oxygen atoms in total. The molecule has 0 saturated carbocycles. The summed E-state index contributed by atoms with van der Waals surface area (Å²) in [6.07, 6.45) is 9.61. The van der Waals surface area contributed by atoms with Gasteiger partial charge in [-0.15, -0.1) is 6.58 Å². The summed E-state index contributed by atoms with van der Waals surface area (Å²) in [6.45, 7) is 5.95. The second-order valence-electron chi connectivity index (χ2n) is 3.18. The molecule has 0 fully saturated rings. The van der Waals surface area contributed by atoms with Crippen molar-refractivity contribution in [1.29, 1.82) is 0 Å². The van der Waals surface area contributed by atoms with Crippen molar-refractivity contribution in [3.8, 4) is 0 Å². The van der Waals surface area contributed by atoms with Gasteiger partial charge in [-0.1, -0.05) is 17.7 Å². The Morgan fingerprint density at radius 1 is 1.80 bits per heavy atom. The van der Waals surface area contributed by atoms with Gasteiger partial charge in [0.15, 0.2) is 0 Å². The molecule has 0 heterocycles. The first kappa shape index (κ1) is 7.59. The van der Waals surface area contributed by atoms with Crippen LogP contribution in [-0.2, 0) is 0 Å². The summed E-state index contributed by atoms with van der Waals surface area (Å²) in [4.78, 5) is 0. The molecule has 1 rings (SSSR count). The molecule has 0 aromatic rings. The molecule has 0 radical (unpaired) electrons. The van der Waals surface area contributed by atoms with Gasteiger partial charge in [0.1, 0.15) is 0 Å². The smallest absolute Gasteiger partial charge is 0.0225 e. The zero-order chi connectivity index (χ0) is 7.40. The number of allylic oxidation sites excluding steroid dienone is 3. The van der Waals surface area contributed by atoms with E-state index in [1.165, 1.54) is 25.7 Å². The van der Waals surface area contributed by atoms with Crippen molar-refractivity contribution in [2.75, 3.05) is 0 Å². The summed E-state index contributed by atoms with van der Waals surface area (Å²) in [5.74, 6) is 0.859. The molecule has 10 heavy (non-hydrogen) atoms. The molecular weight excluding hydrogens is 120 g/mol. The van der Waals surface area contributed by atoms with Gasteiger partial charge in [0, 0.05) is 0 Å². The third kappa shape index (κ3) is 2.02. The summed E-state index contributed by atoms with van der Waals surface area (Å²) >= 11 is 0. The third-order valence-corrected chi connectivity index (χ3v) is 2.17. The van der Waals surface area contributed by atoms with Crippen LogP contribution in [0.25, 0.3) is 0 Å². The Kier molecular flexibility index (Phi) is 2.73. The van der Waals surface area contributed by atoms with Crippen molar-refractivity contribution in [3.63, 3.8) is 0 Å². The molecule has 0 bridgehead atoms. The van der Waals surface area contributed by atoms with Gasteiger partial charge in [-0.25, -0.2) is 0 Å². The standard InChI is InChI=1S/C10H16/c1-3-4-5-10-7-6-9(2)8-10/h3,8,10H,1,4-7H2,2H3. The lowest BCUT2D eigenvalue weighted by molar-refractivity contribution is 0.584. The van der Waals surface area contributed by atoms with E-state index >= 15 is 0 Å². The van der Waals surface area contributed by atoms with E-state index in [0.29, 0.717) is 0 Å². The van der Waals surface area contributed by atoms with Crippen molar-refractivity contribution in [1.82, 2.24) is 0 Å². The predicted octanol–water partition coefficient (Wildman–Crippen LogP) is 3.31. The minimum absolute atomic E-state index is 0.859. The highest BCUT2D eigenvalue weighted by Gasteiger charge is 2.11. The first-order valence-electron chi connectivity index (χ1n) is 4.11. The first-order valence-corrected chi connectivity index (χ1v) is 4.11. The Labute approximate surface area is 63.6 Å². The molecule has 0 spiro atoms. The van der Waals surface area contributed by atoms with E-state index in [0.717, 1.165) is 5.92 Å². The van der Waals surface area contributed by atoms with Crippen LogP contribution in [-0.4, -0.2) is 0 Å². The van der Waals surface area contributed by atoms with E-state index in [-0.39, 0.29) is 0 Å². The van der Waals surface area contributed by atoms with Gasteiger partial charge in [-0.2, -0.15) is 0 Å². The Hall–Kier alpha value is -0.520. The van der Waals surface area contributed by atoms with Gasteiger partial charge in [-0.05, 0) is 38.5 Å². The molecule has 1 aliphatic rings. The van der Waals surface area contributed by atoms with Crippen LogP contribution in [0.3, 0.4) is 0 Å². The van der Waals surface area contributed by atoms with E-state index in [1.54, 1.807) is 5.57 Å². The van der Waals surface area contributed by atoms with Gasteiger partial charge in [-0.3, -0.25) is 0 Å². The van der Waals surface area contributed by atoms with Gasteiger partial charge < -0.3 is 0 Å². The molecular formula is C10H16. The summed E-state index contributed by atoms with van der Waals surface area (Å²) in [7, 11) is 0. The monoisotopic (exact) mass is 136 g/mol. The van der Waals surface area contributed by atoms with Crippen LogP contribution in [0.15, 0.2) is 24.3 Å². The van der Waals surface area contributed by atoms with E-state index in [9.17, 15) is 0 Å². The van der Waals surface area contributed by atoms with Crippen LogP contribution in [0.4, 0.5) is 0 Å². The second kappa shape index (κ2) is 3.60. The summed E-state index contributed by atoms with van der Waals surface area (Å²) < 4.78 is 0. The topological polar surface area (TPSA) is 0 Å². The average Bonchev–Trinajstić information content (AvgIpc) is 2.31. The molecule has 0 N–H and O–H groups in total. The molecule has 0 aliphatic heterocycles. The van der Waals surface area contributed by atoms with Crippen molar-refractivity contribution < 1.29 is 0 Å². The van der Waals surface area contributed by atoms with E-state index in [2.05, 4.69) is 19.6 Å². The van der Waals surface area contributed by atoms with Crippen molar-refractivity contribution >= 4 is 0 Å². The number of hydrogen-bond acceptors (Lipinski definition) is 0. The lowest BCUT2D eigenvalue weighted by atomic mass is 10.0. The van der Waals surface area contributed by atoms with Crippen LogP contribution in [0.1, 0.15) is 32.6 Å². The maximum absolute atomic E-state index is 3.72. The molecule has 1 aliphatic carbocycles. The van der Waals surface area contributed by atoms with Crippen LogP contribution in [0, 0.1) is 5.92 Å². The Bertz CT molecular complexity index is 142. The van der Waals surface area contributed by atoms with Crippen LogP contribution >= 0.6 is 0 Å². The molecule has 0 amide bonds. The van der Waals surface area contributed by atoms with Crippen LogP contribution in [0.2, 0.25) is 0 Å². The van der Waals surface area contributed by atoms with E-state index in [4.69, 9.17) is 0 Å². The molecule has 1 atom stereocenters. The van der Waals surface area contributed by atoms with Gasteiger partial charge in [0.05, 0.1) is 0 Å².